The molecule has 0 unspecified atom stereocenters. The monoisotopic (exact) mass is 307 g/mol. The summed E-state index contributed by atoms with van der Waals surface area (Å²) in [4.78, 5) is 8.16. The molecule has 0 aliphatic rings. The third-order valence-corrected chi connectivity index (χ3v) is 3.19. The van der Waals surface area contributed by atoms with Gasteiger partial charge in [0.05, 0.1) is 0 Å². The van der Waals surface area contributed by atoms with E-state index in [0.717, 1.165) is 10.0 Å². The van der Waals surface area contributed by atoms with Gasteiger partial charge in [-0.05, 0) is 11.6 Å². The van der Waals surface area contributed by atoms with E-state index < -0.39 is 0 Å². The zero-order chi connectivity index (χ0) is 13.0. The Labute approximate surface area is 114 Å². The first kappa shape index (κ1) is 12.6. The molecule has 1 heterocycles. The Morgan fingerprint density at radius 1 is 1.22 bits per heavy atom. The first-order valence-corrected chi connectivity index (χ1v) is 6.28. The molecule has 0 aliphatic heterocycles. The fraction of sp³-hybridized carbons (Fsp3) is 0.167. The number of aromatic nitrogens is 2. The van der Waals surface area contributed by atoms with E-state index in [0.29, 0.717) is 18.2 Å². The van der Waals surface area contributed by atoms with Crippen molar-refractivity contribution in [3.63, 3.8) is 0 Å². The molecule has 94 valence electrons. The molecule has 6 heteroatoms. The number of hydrogen-bond donors (Lipinski definition) is 3. The minimum atomic E-state index is 0.247. The molecule has 2 aromatic rings. The number of nitrogen functional groups attached to an aromatic ring is 1. The Kier molecular flexibility index (Phi) is 3.99. The Balaban J connectivity index is 2.11. The second-order valence-electron chi connectivity index (χ2n) is 3.69. The Bertz CT molecular complexity index is 544. The van der Waals surface area contributed by atoms with Gasteiger partial charge in [-0.3, -0.25) is 0 Å². The van der Waals surface area contributed by atoms with Gasteiger partial charge in [0, 0.05) is 24.1 Å². The van der Waals surface area contributed by atoms with Crippen LogP contribution in [0.3, 0.4) is 0 Å². The summed E-state index contributed by atoms with van der Waals surface area (Å²) in [6.45, 7) is 0.668. The Hall–Kier alpha value is -1.82. The van der Waals surface area contributed by atoms with Gasteiger partial charge in [0.15, 0.2) is 0 Å². The van der Waals surface area contributed by atoms with Gasteiger partial charge in [-0.15, -0.1) is 0 Å². The van der Waals surface area contributed by atoms with E-state index in [9.17, 15) is 0 Å². The van der Waals surface area contributed by atoms with Gasteiger partial charge in [-0.1, -0.05) is 34.1 Å². The second kappa shape index (κ2) is 5.68. The van der Waals surface area contributed by atoms with Crippen LogP contribution in [-0.4, -0.2) is 17.0 Å². The molecular weight excluding hydrogens is 294 g/mol. The normalized spacial score (nSPS) is 10.1. The van der Waals surface area contributed by atoms with Crippen LogP contribution < -0.4 is 16.4 Å². The van der Waals surface area contributed by atoms with Crippen molar-refractivity contribution in [2.75, 3.05) is 23.4 Å². The number of nitrogens with zero attached hydrogens (tertiary/aromatic N) is 2. The average molecular weight is 308 g/mol. The predicted octanol–water partition coefficient (Wildman–Crippen LogP) is 2.48. The number of rotatable bonds is 4. The van der Waals surface area contributed by atoms with Crippen molar-refractivity contribution in [1.29, 1.82) is 0 Å². The maximum Gasteiger partial charge on any atom is 0.223 e. The van der Waals surface area contributed by atoms with Gasteiger partial charge in [-0.2, -0.15) is 9.97 Å². The molecule has 0 radical (unpaired) electrons. The molecule has 0 fully saturated rings. The third-order valence-electron chi connectivity index (χ3n) is 2.42. The second-order valence-corrected chi connectivity index (χ2v) is 4.55. The first-order chi connectivity index (χ1) is 8.69. The summed E-state index contributed by atoms with van der Waals surface area (Å²) in [6, 6.07) is 9.84. The maximum atomic E-state index is 5.62. The van der Waals surface area contributed by atoms with Crippen molar-refractivity contribution in [2.24, 2.45) is 0 Å². The Morgan fingerprint density at radius 3 is 2.67 bits per heavy atom. The molecule has 1 aromatic carbocycles. The summed E-state index contributed by atoms with van der Waals surface area (Å²) in [5.41, 5.74) is 6.78. The molecule has 0 saturated carbocycles. The number of halogens is 1. The van der Waals surface area contributed by atoms with E-state index in [1.54, 1.807) is 7.05 Å². The molecule has 0 atom stereocenters. The standard InChI is InChI=1S/C12H14BrN5/c1-15-10-6-11(18-12(14)17-10)16-7-8-4-2-3-5-9(8)13/h2-6H,7H2,1H3,(H4,14,15,16,17,18). The lowest BCUT2D eigenvalue weighted by Crippen LogP contribution is -2.06. The minimum absolute atomic E-state index is 0.247. The van der Waals surface area contributed by atoms with Crippen LogP contribution >= 0.6 is 15.9 Å². The van der Waals surface area contributed by atoms with E-state index in [4.69, 9.17) is 5.73 Å². The maximum absolute atomic E-state index is 5.62. The lowest BCUT2D eigenvalue weighted by Gasteiger charge is -2.09. The van der Waals surface area contributed by atoms with Crippen LogP contribution in [0.2, 0.25) is 0 Å². The van der Waals surface area contributed by atoms with Crippen molar-refractivity contribution in [3.05, 3.63) is 40.4 Å². The lowest BCUT2D eigenvalue weighted by molar-refractivity contribution is 1.08. The van der Waals surface area contributed by atoms with E-state index in [-0.39, 0.29) is 5.95 Å². The average Bonchev–Trinajstić information content (AvgIpc) is 2.37. The number of nitrogens with two attached hydrogens (primary N) is 1. The lowest BCUT2D eigenvalue weighted by atomic mass is 10.2. The van der Waals surface area contributed by atoms with Crippen LogP contribution in [0, 0.1) is 0 Å². The molecule has 0 spiro atoms. The quantitative estimate of drug-likeness (QED) is 0.809. The summed E-state index contributed by atoms with van der Waals surface area (Å²) >= 11 is 3.50. The SMILES string of the molecule is CNc1cc(NCc2ccccc2Br)nc(N)n1. The van der Waals surface area contributed by atoms with Gasteiger partial charge in [-0.25, -0.2) is 0 Å². The van der Waals surface area contributed by atoms with Crippen molar-refractivity contribution >= 4 is 33.5 Å². The highest BCUT2D eigenvalue weighted by Crippen LogP contribution is 2.18. The molecular formula is C12H14BrN5. The fourth-order valence-electron chi connectivity index (χ4n) is 1.51. The summed E-state index contributed by atoms with van der Waals surface area (Å²) < 4.78 is 1.06. The van der Waals surface area contributed by atoms with Gasteiger partial charge in [0.25, 0.3) is 0 Å². The fourth-order valence-corrected chi connectivity index (χ4v) is 1.94. The molecule has 0 aliphatic carbocycles. The van der Waals surface area contributed by atoms with Crippen LogP contribution in [0.4, 0.5) is 17.6 Å². The molecule has 0 bridgehead atoms. The van der Waals surface area contributed by atoms with E-state index in [1.807, 2.05) is 30.3 Å². The first-order valence-electron chi connectivity index (χ1n) is 5.48. The van der Waals surface area contributed by atoms with Crippen LogP contribution in [-0.2, 0) is 6.54 Å². The molecule has 1 aromatic heterocycles. The summed E-state index contributed by atoms with van der Waals surface area (Å²) in [5, 5.41) is 6.15. The molecule has 18 heavy (non-hydrogen) atoms. The smallest absolute Gasteiger partial charge is 0.223 e. The molecule has 0 amide bonds. The number of hydrogen-bond acceptors (Lipinski definition) is 5. The van der Waals surface area contributed by atoms with Gasteiger partial charge < -0.3 is 16.4 Å². The third kappa shape index (κ3) is 3.10. The van der Waals surface area contributed by atoms with Gasteiger partial charge in [0.1, 0.15) is 11.6 Å². The highest BCUT2D eigenvalue weighted by Gasteiger charge is 2.02. The van der Waals surface area contributed by atoms with Crippen LogP contribution in [0.25, 0.3) is 0 Å². The summed E-state index contributed by atoms with van der Waals surface area (Å²) in [5.74, 6) is 1.64. The number of nitrogens with one attached hydrogen (secondary N) is 2. The molecule has 4 N–H and O–H groups in total. The van der Waals surface area contributed by atoms with Crippen molar-refractivity contribution in [3.8, 4) is 0 Å². The topological polar surface area (TPSA) is 75.9 Å². The van der Waals surface area contributed by atoms with Crippen LogP contribution in [0.15, 0.2) is 34.8 Å². The van der Waals surface area contributed by atoms with E-state index in [2.05, 4.69) is 36.5 Å². The van der Waals surface area contributed by atoms with Gasteiger partial charge in [0.2, 0.25) is 5.95 Å². The van der Waals surface area contributed by atoms with Crippen molar-refractivity contribution < 1.29 is 0 Å². The molecule has 5 nitrogen and oxygen atoms in total. The van der Waals surface area contributed by atoms with Crippen molar-refractivity contribution in [2.45, 2.75) is 6.54 Å². The van der Waals surface area contributed by atoms with E-state index in [1.165, 1.54) is 0 Å². The minimum Gasteiger partial charge on any atom is -0.373 e. The van der Waals surface area contributed by atoms with Crippen LogP contribution in [0.5, 0.6) is 0 Å². The predicted molar refractivity (Wildman–Crippen MR) is 77.5 cm³/mol. The summed E-state index contributed by atoms with van der Waals surface area (Å²) in [7, 11) is 1.79. The summed E-state index contributed by atoms with van der Waals surface area (Å²) in [6.07, 6.45) is 0. The van der Waals surface area contributed by atoms with Crippen molar-refractivity contribution in [1.82, 2.24) is 9.97 Å². The van der Waals surface area contributed by atoms with E-state index >= 15 is 0 Å². The highest BCUT2D eigenvalue weighted by atomic mass is 79.9. The molecule has 0 saturated heterocycles. The molecule has 2 rings (SSSR count). The van der Waals surface area contributed by atoms with Gasteiger partial charge >= 0.3 is 0 Å². The highest BCUT2D eigenvalue weighted by molar-refractivity contribution is 9.10. The zero-order valence-corrected chi connectivity index (χ0v) is 11.5. The largest absolute Gasteiger partial charge is 0.373 e. The zero-order valence-electron chi connectivity index (χ0n) is 9.94. The number of benzene rings is 1. The number of anilines is 3. The van der Waals surface area contributed by atoms with Crippen LogP contribution in [0.1, 0.15) is 5.56 Å². The Morgan fingerprint density at radius 2 is 1.94 bits per heavy atom.